The van der Waals surface area contributed by atoms with Crippen molar-refractivity contribution in [1.82, 2.24) is 15.0 Å². The summed E-state index contributed by atoms with van der Waals surface area (Å²) in [5.74, 6) is 1.79. The molecule has 2 heterocycles. The monoisotopic (exact) mass is 817 g/mol. The van der Waals surface area contributed by atoms with Crippen LogP contribution in [-0.2, 0) is 5.41 Å². The fourth-order valence-electron chi connectivity index (χ4n) is 10.4. The van der Waals surface area contributed by atoms with Gasteiger partial charge in [-0.1, -0.05) is 178 Å². The average Bonchev–Trinajstić information content (AvgIpc) is 3.85. The van der Waals surface area contributed by atoms with Gasteiger partial charge in [-0.05, 0) is 113 Å². The van der Waals surface area contributed by atoms with E-state index < -0.39 is 0 Å². The number of rotatable bonds is 5. The van der Waals surface area contributed by atoms with Gasteiger partial charge in [0.2, 0.25) is 0 Å². The lowest BCUT2D eigenvalue weighted by Gasteiger charge is -2.22. The molecule has 0 N–H and O–H groups in total. The second kappa shape index (κ2) is 13.9. The Morgan fingerprint density at radius 3 is 1.62 bits per heavy atom. The molecule has 10 aromatic carbocycles. The number of hydrogen-bond acceptors (Lipinski definition) is 4. The predicted molar refractivity (Wildman–Crippen MR) is 264 cm³/mol. The number of furan rings is 1. The molecule has 4 heteroatoms. The van der Waals surface area contributed by atoms with Crippen LogP contribution in [0.4, 0.5) is 0 Å². The summed E-state index contributed by atoms with van der Waals surface area (Å²) in [4.78, 5) is 15.7. The van der Waals surface area contributed by atoms with Gasteiger partial charge in [0.25, 0.3) is 0 Å². The first-order valence-electron chi connectivity index (χ1n) is 21.9. The first-order chi connectivity index (χ1) is 31.5. The Balaban J connectivity index is 0.989. The lowest BCUT2D eigenvalue weighted by atomic mass is 9.81. The van der Waals surface area contributed by atoms with Crippen LogP contribution in [0.2, 0.25) is 0 Å². The third-order valence-electron chi connectivity index (χ3n) is 13.5. The summed E-state index contributed by atoms with van der Waals surface area (Å²) in [6.07, 6.45) is 0. The highest BCUT2D eigenvalue weighted by molar-refractivity contribution is 6.25. The van der Waals surface area contributed by atoms with Gasteiger partial charge in [-0.3, -0.25) is 0 Å². The van der Waals surface area contributed by atoms with Crippen molar-refractivity contribution in [1.29, 1.82) is 0 Å². The fourth-order valence-corrected chi connectivity index (χ4v) is 10.4. The molecule has 64 heavy (non-hydrogen) atoms. The van der Waals surface area contributed by atoms with E-state index in [0.29, 0.717) is 17.5 Å². The molecule has 12 aromatic rings. The highest BCUT2D eigenvalue weighted by Gasteiger charge is 2.35. The zero-order valence-corrected chi connectivity index (χ0v) is 35.3. The van der Waals surface area contributed by atoms with Crippen LogP contribution in [0.15, 0.2) is 205 Å². The molecule has 0 saturated carbocycles. The van der Waals surface area contributed by atoms with Crippen LogP contribution in [0.3, 0.4) is 0 Å². The maximum absolute atomic E-state index is 6.67. The molecule has 0 amide bonds. The van der Waals surface area contributed by atoms with E-state index in [0.717, 1.165) is 60.9 Å². The summed E-state index contributed by atoms with van der Waals surface area (Å²) < 4.78 is 6.67. The predicted octanol–water partition coefficient (Wildman–Crippen LogP) is 15.9. The average molecular weight is 818 g/mol. The molecule has 0 aliphatic heterocycles. The van der Waals surface area contributed by atoms with E-state index in [2.05, 4.69) is 184 Å². The molecule has 0 saturated heterocycles. The fraction of sp³-hybridized carbons (Fsp3) is 0.0500. The second-order valence-corrected chi connectivity index (χ2v) is 17.5. The van der Waals surface area contributed by atoms with Crippen molar-refractivity contribution in [2.24, 2.45) is 0 Å². The lowest BCUT2D eigenvalue weighted by molar-refractivity contribution is 0.660. The van der Waals surface area contributed by atoms with Gasteiger partial charge in [0, 0.05) is 32.9 Å². The van der Waals surface area contributed by atoms with Crippen LogP contribution < -0.4 is 0 Å². The first kappa shape index (κ1) is 36.4. The molecular weight excluding hydrogens is 779 g/mol. The maximum Gasteiger partial charge on any atom is 0.164 e. The number of benzene rings is 10. The zero-order chi connectivity index (χ0) is 42.5. The molecule has 1 aliphatic carbocycles. The van der Waals surface area contributed by atoms with Crippen LogP contribution in [0.5, 0.6) is 0 Å². The number of fused-ring (bicyclic) bond motifs is 12. The molecule has 0 atom stereocenters. The standard InChI is InChI=1S/C60H39N3O/c1-60(2)52-25-12-10-23-47(52)48-30-28-39(34-53(48)60)50-33-41(35-55-56(50)49-24-11-13-26-54(49)64-55)59-62-57(36-15-4-3-5-16-36)61-58(63-59)40-18-14-17-37(31-40)38-27-29-46-44-21-7-6-19-42(44)43-20-8-9-22-45(43)51(46)32-38/h3-35H,1-2H3. The van der Waals surface area contributed by atoms with E-state index in [-0.39, 0.29) is 5.41 Å². The summed E-state index contributed by atoms with van der Waals surface area (Å²) in [5, 5.41) is 9.68. The molecule has 0 bridgehead atoms. The van der Waals surface area contributed by atoms with Gasteiger partial charge in [0.05, 0.1) is 0 Å². The van der Waals surface area contributed by atoms with Crippen molar-refractivity contribution in [3.05, 3.63) is 211 Å². The quantitative estimate of drug-likeness (QED) is 0.162. The third-order valence-corrected chi connectivity index (χ3v) is 13.5. The minimum absolute atomic E-state index is 0.144. The van der Waals surface area contributed by atoms with Gasteiger partial charge in [-0.2, -0.15) is 0 Å². The van der Waals surface area contributed by atoms with E-state index >= 15 is 0 Å². The number of hydrogen-bond donors (Lipinski definition) is 0. The van der Waals surface area contributed by atoms with E-state index in [1.165, 1.54) is 54.6 Å². The minimum atomic E-state index is -0.144. The van der Waals surface area contributed by atoms with Gasteiger partial charge >= 0.3 is 0 Å². The topological polar surface area (TPSA) is 51.8 Å². The third kappa shape index (κ3) is 5.59. The normalized spacial score (nSPS) is 13.0. The maximum atomic E-state index is 6.67. The highest BCUT2D eigenvalue weighted by Crippen LogP contribution is 2.50. The Morgan fingerprint density at radius 2 is 0.859 bits per heavy atom. The van der Waals surface area contributed by atoms with Crippen LogP contribution in [0.25, 0.3) is 122 Å². The summed E-state index contributed by atoms with van der Waals surface area (Å²) in [5.41, 5.74) is 13.9. The molecule has 300 valence electrons. The van der Waals surface area contributed by atoms with Gasteiger partial charge < -0.3 is 4.42 Å². The Labute approximate surface area is 370 Å². The zero-order valence-electron chi connectivity index (χ0n) is 35.3. The van der Waals surface area contributed by atoms with Crippen molar-refractivity contribution in [2.75, 3.05) is 0 Å². The Hall–Kier alpha value is -8.21. The summed E-state index contributed by atoms with van der Waals surface area (Å²) in [7, 11) is 0. The number of aromatic nitrogens is 3. The number of nitrogens with zero attached hydrogens (tertiary/aromatic N) is 3. The van der Waals surface area contributed by atoms with Crippen molar-refractivity contribution in [2.45, 2.75) is 19.3 Å². The van der Waals surface area contributed by atoms with Crippen LogP contribution in [0.1, 0.15) is 25.0 Å². The van der Waals surface area contributed by atoms with Crippen LogP contribution in [-0.4, -0.2) is 15.0 Å². The molecule has 1 aliphatic rings. The molecular formula is C60H39N3O. The van der Waals surface area contributed by atoms with Crippen molar-refractivity contribution in [3.63, 3.8) is 0 Å². The van der Waals surface area contributed by atoms with Gasteiger partial charge in [-0.25, -0.2) is 15.0 Å². The Kier molecular flexibility index (Phi) is 7.92. The van der Waals surface area contributed by atoms with E-state index in [4.69, 9.17) is 19.4 Å². The second-order valence-electron chi connectivity index (χ2n) is 17.5. The SMILES string of the molecule is CC1(C)c2ccccc2-c2ccc(-c3cc(-c4nc(-c5ccccc5)nc(-c5cccc(-c6ccc7c8ccccc8c8ccccc8c7c6)c5)n4)cc4oc5ccccc5c34)cc21. The van der Waals surface area contributed by atoms with E-state index in [9.17, 15) is 0 Å². The molecule has 4 nitrogen and oxygen atoms in total. The molecule has 13 rings (SSSR count). The summed E-state index contributed by atoms with van der Waals surface area (Å²) >= 11 is 0. The largest absolute Gasteiger partial charge is 0.456 e. The Morgan fingerprint density at radius 1 is 0.312 bits per heavy atom. The summed E-state index contributed by atoms with van der Waals surface area (Å²) in [6.45, 7) is 4.66. The van der Waals surface area contributed by atoms with Gasteiger partial charge in [0.1, 0.15) is 11.2 Å². The van der Waals surface area contributed by atoms with Gasteiger partial charge in [-0.15, -0.1) is 0 Å². The highest BCUT2D eigenvalue weighted by atomic mass is 16.3. The van der Waals surface area contributed by atoms with Crippen molar-refractivity contribution < 1.29 is 4.42 Å². The minimum Gasteiger partial charge on any atom is -0.456 e. The molecule has 0 spiro atoms. The molecule has 0 fully saturated rings. The van der Waals surface area contributed by atoms with E-state index in [1.54, 1.807) is 0 Å². The Bertz CT molecular complexity index is 3850. The van der Waals surface area contributed by atoms with E-state index in [1.807, 2.05) is 30.3 Å². The smallest absolute Gasteiger partial charge is 0.164 e. The lowest BCUT2D eigenvalue weighted by Crippen LogP contribution is -2.14. The van der Waals surface area contributed by atoms with Crippen molar-refractivity contribution in [3.8, 4) is 67.5 Å². The molecule has 0 radical (unpaired) electrons. The first-order valence-corrected chi connectivity index (χ1v) is 21.9. The van der Waals surface area contributed by atoms with Gasteiger partial charge in [0.15, 0.2) is 17.5 Å². The summed E-state index contributed by atoms with van der Waals surface area (Å²) in [6, 6.07) is 71.4. The molecule has 0 unspecified atom stereocenters. The van der Waals surface area contributed by atoms with Crippen LogP contribution in [0, 0.1) is 0 Å². The number of para-hydroxylation sites is 1. The molecule has 2 aromatic heterocycles. The van der Waals surface area contributed by atoms with Crippen LogP contribution >= 0.6 is 0 Å². The van der Waals surface area contributed by atoms with Crippen molar-refractivity contribution >= 4 is 54.3 Å².